The summed E-state index contributed by atoms with van der Waals surface area (Å²) in [5.41, 5.74) is 0.993. The van der Waals surface area contributed by atoms with Crippen LogP contribution in [0.1, 0.15) is 49.8 Å². The number of nitrogens with zero attached hydrogens (tertiary/aromatic N) is 2. The van der Waals surface area contributed by atoms with Crippen molar-refractivity contribution in [1.82, 2.24) is 9.80 Å². The van der Waals surface area contributed by atoms with Gasteiger partial charge in [0.15, 0.2) is 0 Å². The summed E-state index contributed by atoms with van der Waals surface area (Å²) < 4.78 is 5.58. The summed E-state index contributed by atoms with van der Waals surface area (Å²) in [7, 11) is 0. The largest absolute Gasteiger partial charge is 0.466 e. The number of rotatable bonds is 2. The summed E-state index contributed by atoms with van der Waals surface area (Å²) >= 11 is 0. The SMILES string of the molecule is Cc1cc(C(C)N2C(=O)C3CCCN3C(=O)C2C)c(C)o1. The lowest BCUT2D eigenvalue weighted by atomic mass is 10.00. The molecule has 0 N–H and O–H groups in total. The standard InChI is InChI=1S/C16H22N2O3/c1-9-8-13(12(4)21-9)10(2)18-11(3)15(19)17-7-5-6-14(17)16(18)20/h8,10-11,14H,5-7H2,1-4H3. The van der Waals surface area contributed by atoms with Gasteiger partial charge in [-0.15, -0.1) is 0 Å². The van der Waals surface area contributed by atoms with Gasteiger partial charge in [0.05, 0.1) is 6.04 Å². The zero-order valence-electron chi connectivity index (χ0n) is 13.0. The molecule has 3 rings (SSSR count). The Bertz CT molecular complexity index is 592. The Morgan fingerprint density at radius 2 is 2.00 bits per heavy atom. The van der Waals surface area contributed by atoms with Gasteiger partial charge in [-0.05, 0) is 46.6 Å². The molecule has 114 valence electrons. The van der Waals surface area contributed by atoms with Gasteiger partial charge in [-0.1, -0.05) is 0 Å². The van der Waals surface area contributed by atoms with Gasteiger partial charge in [0.25, 0.3) is 0 Å². The molecule has 21 heavy (non-hydrogen) atoms. The maximum absolute atomic E-state index is 12.8. The second-order valence-electron chi connectivity index (χ2n) is 6.16. The molecule has 2 saturated heterocycles. The normalized spacial score (nSPS) is 27.2. The molecule has 2 aliphatic rings. The highest BCUT2D eigenvalue weighted by Crippen LogP contribution is 2.34. The predicted octanol–water partition coefficient (Wildman–Crippen LogP) is 2.18. The van der Waals surface area contributed by atoms with Gasteiger partial charge < -0.3 is 14.2 Å². The minimum absolute atomic E-state index is 0.0711. The van der Waals surface area contributed by atoms with E-state index in [-0.39, 0.29) is 23.9 Å². The van der Waals surface area contributed by atoms with Crippen molar-refractivity contribution in [2.45, 2.75) is 58.7 Å². The van der Waals surface area contributed by atoms with E-state index in [0.717, 1.165) is 29.9 Å². The van der Waals surface area contributed by atoms with Crippen molar-refractivity contribution >= 4 is 11.8 Å². The van der Waals surface area contributed by atoms with Gasteiger partial charge in [-0.25, -0.2) is 0 Å². The number of carbonyl (C=O) groups excluding carboxylic acids is 2. The number of aryl methyl sites for hydroxylation is 2. The van der Waals surface area contributed by atoms with Gasteiger partial charge in [-0.3, -0.25) is 9.59 Å². The average molecular weight is 290 g/mol. The molecule has 3 atom stereocenters. The predicted molar refractivity (Wildman–Crippen MR) is 77.6 cm³/mol. The highest BCUT2D eigenvalue weighted by molar-refractivity contribution is 5.97. The van der Waals surface area contributed by atoms with Crippen molar-refractivity contribution < 1.29 is 14.0 Å². The van der Waals surface area contributed by atoms with Crippen LogP contribution >= 0.6 is 0 Å². The van der Waals surface area contributed by atoms with Gasteiger partial charge in [0.2, 0.25) is 11.8 Å². The maximum atomic E-state index is 12.8. The molecule has 0 radical (unpaired) electrons. The summed E-state index contributed by atoms with van der Waals surface area (Å²) in [6, 6.07) is 1.16. The van der Waals surface area contributed by atoms with Crippen molar-refractivity contribution in [2.24, 2.45) is 0 Å². The van der Waals surface area contributed by atoms with E-state index in [1.807, 2.05) is 33.8 Å². The minimum Gasteiger partial charge on any atom is -0.466 e. The van der Waals surface area contributed by atoms with Crippen molar-refractivity contribution in [1.29, 1.82) is 0 Å². The first-order valence-corrected chi connectivity index (χ1v) is 7.61. The molecular weight excluding hydrogens is 268 g/mol. The van der Waals surface area contributed by atoms with Crippen molar-refractivity contribution in [3.05, 3.63) is 23.2 Å². The third kappa shape index (κ3) is 2.06. The number of amides is 2. The lowest BCUT2D eigenvalue weighted by Crippen LogP contribution is -2.62. The Balaban J connectivity index is 1.94. The molecule has 5 nitrogen and oxygen atoms in total. The van der Waals surface area contributed by atoms with Crippen LogP contribution < -0.4 is 0 Å². The number of carbonyl (C=O) groups is 2. The average Bonchev–Trinajstić information content (AvgIpc) is 3.03. The van der Waals surface area contributed by atoms with Gasteiger partial charge in [-0.2, -0.15) is 0 Å². The molecule has 0 spiro atoms. The molecule has 0 aliphatic carbocycles. The molecular formula is C16H22N2O3. The van der Waals surface area contributed by atoms with Crippen LogP contribution in [0.25, 0.3) is 0 Å². The van der Waals surface area contributed by atoms with Crippen LogP contribution in [0.2, 0.25) is 0 Å². The van der Waals surface area contributed by atoms with Crippen LogP contribution in [-0.2, 0) is 9.59 Å². The van der Waals surface area contributed by atoms with Gasteiger partial charge in [0, 0.05) is 12.1 Å². The topological polar surface area (TPSA) is 53.8 Å². The van der Waals surface area contributed by atoms with E-state index in [2.05, 4.69) is 0 Å². The van der Waals surface area contributed by atoms with Crippen LogP contribution in [0, 0.1) is 13.8 Å². The monoisotopic (exact) mass is 290 g/mol. The molecule has 2 aliphatic heterocycles. The van der Waals surface area contributed by atoms with Crippen LogP contribution in [0.5, 0.6) is 0 Å². The van der Waals surface area contributed by atoms with Crippen LogP contribution in [0.3, 0.4) is 0 Å². The van der Waals surface area contributed by atoms with Crippen LogP contribution in [0.15, 0.2) is 10.5 Å². The smallest absolute Gasteiger partial charge is 0.246 e. The van der Waals surface area contributed by atoms with Gasteiger partial charge in [0.1, 0.15) is 23.6 Å². The Morgan fingerprint density at radius 3 is 2.62 bits per heavy atom. The zero-order chi connectivity index (χ0) is 15.3. The number of piperazine rings is 1. The molecule has 0 aromatic carbocycles. The van der Waals surface area contributed by atoms with Gasteiger partial charge >= 0.3 is 0 Å². The van der Waals surface area contributed by atoms with E-state index in [0.29, 0.717) is 6.54 Å². The highest BCUT2D eigenvalue weighted by Gasteiger charge is 2.47. The molecule has 5 heteroatoms. The van der Waals surface area contributed by atoms with Crippen molar-refractivity contribution in [2.75, 3.05) is 6.54 Å². The molecule has 0 bridgehead atoms. The second kappa shape index (κ2) is 4.90. The van der Waals surface area contributed by atoms with E-state index in [1.54, 1.807) is 9.80 Å². The number of hydrogen-bond donors (Lipinski definition) is 0. The van der Waals surface area contributed by atoms with E-state index in [4.69, 9.17) is 4.42 Å². The molecule has 0 saturated carbocycles. The molecule has 1 aromatic heterocycles. The summed E-state index contributed by atoms with van der Waals surface area (Å²) in [4.78, 5) is 28.8. The van der Waals surface area contributed by atoms with Crippen LogP contribution in [0.4, 0.5) is 0 Å². The Hall–Kier alpha value is -1.78. The second-order valence-corrected chi connectivity index (χ2v) is 6.16. The summed E-state index contributed by atoms with van der Waals surface area (Å²) in [6.45, 7) is 8.32. The fourth-order valence-corrected chi connectivity index (χ4v) is 3.75. The zero-order valence-corrected chi connectivity index (χ0v) is 13.0. The maximum Gasteiger partial charge on any atom is 0.246 e. The molecule has 1 aromatic rings. The Kier molecular flexibility index (Phi) is 3.30. The van der Waals surface area contributed by atoms with Crippen molar-refractivity contribution in [3.63, 3.8) is 0 Å². The molecule has 3 heterocycles. The first kappa shape index (κ1) is 14.2. The van der Waals surface area contributed by atoms with Crippen molar-refractivity contribution in [3.8, 4) is 0 Å². The minimum atomic E-state index is -0.406. The first-order valence-electron chi connectivity index (χ1n) is 7.61. The summed E-state index contributed by atoms with van der Waals surface area (Å²) in [5.74, 6) is 1.80. The Labute approximate surface area is 124 Å². The fraction of sp³-hybridized carbons (Fsp3) is 0.625. The number of furan rings is 1. The molecule has 2 fully saturated rings. The quantitative estimate of drug-likeness (QED) is 0.839. The number of hydrogen-bond acceptors (Lipinski definition) is 3. The van der Waals surface area contributed by atoms with Crippen LogP contribution in [-0.4, -0.2) is 40.2 Å². The lowest BCUT2D eigenvalue weighted by molar-refractivity contribution is -0.161. The fourth-order valence-electron chi connectivity index (χ4n) is 3.75. The van der Waals surface area contributed by atoms with E-state index < -0.39 is 6.04 Å². The highest BCUT2D eigenvalue weighted by atomic mass is 16.3. The third-order valence-corrected chi connectivity index (χ3v) is 4.80. The third-order valence-electron chi connectivity index (χ3n) is 4.80. The van der Waals surface area contributed by atoms with E-state index >= 15 is 0 Å². The molecule has 2 amide bonds. The van der Waals surface area contributed by atoms with E-state index in [9.17, 15) is 9.59 Å². The summed E-state index contributed by atoms with van der Waals surface area (Å²) in [5, 5.41) is 0. The molecule has 3 unspecified atom stereocenters. The Morgan fingerprint density at radius 1 is 1.29 bits per heavy atom. The van der Waals surface area contributed by atoms with E-state index in [1.165, 1.54) is 0 Å². The first-order chi connectivity index (χ1) is 9.91. The summed E-state index contributed by atoms with van der Waals surface area (Å²) in [6.07, 6.45) is 1.70. The number of fused-ring (bicyclic) bond motifs is 1. The lowest BCUT2D eigenvalue weighted by Gasteiger charge is -2.43.